The summed E-state index contributed by atoms with van der Waals surface area (Å²) in [6.45, 7) is 4.11. The van der Waals surface area contributed by atoms with Gasteiger partial charge in [0, 0.05) is 0 Å². The van der Waals surface area contributed by atoms with Crippen LogP contribution in [0.1, 0.15) is 21.5 Å². The molecule has 2 aromatic carbocycles. The van der Waals surface area contributed by atoms with Gasteiger partial charge in [-0.05, 0) is 49.2 Å². The molecule has 1 amide bonds. The number of carbonyl (C=O) groups is 2. The van der Waals surface area contributed by atoms with Gasteiger partial charge in [-0.15, -0.1) is 0 Å². The highest BCUT2D eigenvalue weighted by atomic mass is 16.6. The summed E-state index contributed by atoms with van der Waals surface area (Å²) in [6.07, 6.45) is 0. The minimum Gasteiger partial charge on any atom is -0.496 e. The van der Waals surface area contributed by atoms with Crippen molar-refractivity contribution in [1.29, 1.82) is 0 Å². The highest BCUT2D eigenvalue weighted by molar-refractivity contribution is 5.98. The van der Waals surface area contributed by atoms with E-state index in [1.54, 1.807) is 24.3 Å². The van der Waals surface area contributed by atoms with Gasteiger partial charge in [0.25, 0.3) is 5.91 Å². The molecule has 2 aromatic rings. The molecule has 26 heavy (non-hydrogen) atoms. The first-order valence-corrected chi connectivity index (χ1v) is 8.27. The van der Waals surface area contributed by atoms with Crippen molar-refractivity contribution in [2.45, 2.75) is 13.8 Å². The van der Waals surface area contributed by atoms with Gasteiger partial charge in [-0.2, -0.15) is 0 Å². The van der Waals surface area contributed by atoms with Gasteiger partial charge in [0.1, 0.15) is 31.3 Å². The number of hydrogen-bond donors (Lipinski definition) is 1. The molecule has 0 atom stereocenters. The lowest BCUT2D eigenvalue weighted by Gasteiger charge is -2.10. The molecule has 2 rings (SSSR count). The smallest absolute Gasteiger partial charge is 0.325 e. The first kappa shape index (κ1) is 19.3. The van der Waals surface area contributed by atoms with E-state index in [1.807, 2.05) is 26.0 Å². The molecular weight excluding hydrogens is 334 g/mol. The Morgan fingerprint density at radius 1 is 1.00 bits per heavy atom. The molecule has 0 aliphatic rings. The minimum absolute atomic E-state index is 0.107. The van der Waals surface area contributed by atoms with E-state index < -0.39 is 11.9 Å². The highest BCUT2D eigenvalue weighted by Gasteiger charge is 2.13. The van der Waals surface area contributed by atoms with Crippen LogP contribution in [0.25, 0.3) is 0 Å². The fraction of sp³-hybridized carbons (Fsp3) is 0.300. The summed E-state index contributed by atoms with van der Waals surface area (Å²) in [4.78, 5) is 23.8. The largest absolute Gasteiger partial charge is 0.496 e. The fourth-order valence-electron chi connectivity index (χ4n) is 2.46. The lowest BCUT2D eigenvalue weighted by atomic mass is 10.1. The van der Waals surface area contributed by atoms with E-state index in [2.05, 4.69) is 11.4 Å². The monoisotopic (exact) mass is 357 g/mol. The number of benzene rings is 2. The van der Waals surface area contributed by atoms with Crippen molar-refractivity contribution in [1.82, 2.24) is 5.32 Å². The molecule has 0 fully saturated rings. The Morgan fingerprint density at radius 3 is 2.38 bits per heavy atom. The average Bonchev–Trinajstić information content (AvgIpc) is 2.62. The molecule has 6 nitrogen and oxygen atoms in total. The normalized spacial score (nSPS) is 10.1. The molecule has 0 aliphatic carbocycles. The molecular formula is C20H23NO5. The van der Waals surface area contributed by atoms with Gasteiger partial charge >= 0.3 is 5.97 Å². The van der Waals surface area contributed by atoms with Crippen LogP contribution >= 0.6 is 0 Å². The van der Waals surface area contributed by atoms with Gasteiger partial charge in [-0.25, -0.2) is 0 Å². The van der Waals surface area contributed by atoms with Crippen LogP contribution < -0.4 is 14.8 Å². The topological polar surface area (TPSA) is 73.9 Å². The molecule has 138 valence electrons. The van der Waals surface area contributed by atoms with E-state index >= 15 is 0 Å². The van der Waals surface area contributed by atoms with Crippen LogP contribution in [0.2, 0.25) is 0 Å². The summed E-state index contributed by atoms with van der Waals surface area (Å²) in [5, 5.41) is 2.51. The minimum atomic E-state index is -0.530. The van der Waals surface area contributed by atoms with Crippen LogP contribution in [-0.2, 0) is 9.53 Å². The quantitative estimate of drug-likeness (QED) is 0.581. The number of methoxy groups -OCH3 is 1. The van der Waals surface area contributed by atoms with Crippen molar-refractivity contribution in [3.05, 3.63) is 59.2 Å². The van der Waals surface area contributed by atoms with Gasteiger partial charge in [0.2, 0.25) is 0 Å². The lowest BCUT2D eigenvalue weighted by molar-refractivity contribution is -0.143. The molecule has 6 heteroatoms. The maximum absolute atomic E-state index is 12.1. The van der Waals surface area contributed by atoms with Crippen LogP contribution in [0.3, 0.4) is 0 Å². The van der Waals surface area contributed by atoms with Crippen LogP contribution in [0.4, 0.5) is 0 Å². The molecule has 0 radical (unpaired) electrons. The Labute approximate surface area is 153 Å². The number of rotatable bonds is 8. The van der Waals surface area contributed by atoms with Gasteiger partial charge in [0.15, 0.2) is 0 Å². The van der Waals surface area contributed by atoms with Crippen LogP contribution in [0, 0.1) is 13.8 Å². The Hall–Kier alpha value is -3.02. The number of esters is 1. The zero-order valence-electron chi connectivity index (χ0n) is 15.2. The third-order valence-corrected chi connectivity index (χ3v) is 3.56. The van der Waals surface area contributed by atoms with Crippen LogP contribution in [0.5, 0.6) is 11.5 Å². The predicted molar refractivity (Wildman–Crippen MR) is 97.7 cm³/mol. The Balaban J connectivity index is 1.71. The van der Waals surface area contributed by atoms with Crippen molar-refractivity contribution in [3.63, 3.8) is 0 Å². The maximum atomic E-state index is 12.1. The Bertz CT molecular complexity index is 752. The molecule has 0 aliphatic heterocycles. The molecule has 0 spiro atoms. The average molecular weight is 357 g/mol. The van der Waals surface area contributed by atoms with Crippen molar-refractivity contribution >= 4 is 11.9 Å². The number of aryl methyl sites for hydroxylation is 2. The second kappa shape index (κ2) is 9.46. The summed E-state index contributed by atoms with van der Waals surface area (Å²) in [6, 6.07) is 12.7. The summed E-state index contributed by atoms with van der Waals surface area (Å²) in [7, 11) is 1.48. The standard InChI is InChI=1S/C20H23NO5/c1-14-10-15(2)12-16(11-14)25-8-9-26-19(22)13-21-20(23)17-6-4-5-7-18(17)24-3/h4-7,10-12H,8-9,13H2,1-3H3,(H,21,23). The van der Waals surface area contributed by atoms with Gasteiger partial charge in [-0.3, -0.25) is 9.59 Å². The van der Waals surface area contributed by atoms with E-state index in [4.69, 9.17) is 14.2 Å². The molecule has 0 saturated heterocycles. The fourth-order valence-corrected chi connectivity index (χ4v) is 2.46. The van der Waals surface area contributed by atoms with Crippen LogP contribution in [0.15, 0.2) is 42.5 Å². The third kappa shape index (κ3) is 5.81. The van der Waals surface area contributed by atoms with Crippen molar-refractivity contribution in [2.24, 2.45) is 0 Å². The molecule has 0 heterocycles. The zero-order valence-corrected chi connectivity index (χ0v) is 15.2. The number of amides is 1. The number of nitrogens with one attached hydrogen (secondary N) is 1. The van der Waals surface area contributed by atoms with Crippen molar-refractivity contribution in [2.75, 3.05) is 26.9 Å². The number of hydrogen-bond acceptors (Lipinski definition) is 5. The number of ether oxygens (including phenoxy) is 3. The Kier molecular flexibility index (Phi) is 7.02. The second-order valence-corrected chi connectivity index (χ2v) is 5.78. The molecule has 0 aromatic heterocycles. The first-order valence-electron chi connectivity index (χ1n) is 8.27. The van der Waals surface area contributed by atoms with E-state index in [-0.39, 0.29) is 19.8 Å². The van der Waals surface area contributed by atoms with Gasteiger partial charge in [-0.1, -0.05) is 18.2 Å². The predicted octanol–water partition coefficient (Wildman–Crippen LogP) is 2.66. The van der Waals surface area contributed by atoms with E-state index in [0.29, 0.717) is 11.3 Å². The van der Waals surface area contributed by atoms with Crippen molar-refractivity contribution < 1.29 is 23.8 Å². The van der Waals surface area contributed by atoms with Crippen LogP contribution in [-0.4, -0.2) is 38.7 Å². The number of carbonyl (C=O) groups excluding carboxylic acids is 2. The molecule has 0 unspecified atom stereocenters. The molecule has 0 saturated carbocycles. The second-order valence-electron chi connectivity index (χ2n) is 5.78. The van der Waals surface area contributed by atoms with Crippen molar-refractivity contribution in [3.8, 4) is 11.5 Å². The summed E-state index contributed by atoms with van der Waals surface area (Å²) in [5.74, 6) is 0.256. The zero-order chi connectivity index (χ0) is 18.9. The van der Waals surface area contributed by atoms with E-state index in [0.717, 1.165) is 16.9 Å². The van der Waals surface area contributed by atoms with E-state index in [9.17, 15) is 9.59 Å². The Morgan fingerprint density at radius 2 is 1.69 bits per heavy atom. The summed E-state index contributed by atoms with van der Waals surface area (Å²) in [5.41, 5.74) is 2.58. The maximum Gasteiger partial charge on any atom is 0.325 e. The van der Waals surface area contributed by atoms with Gasteiger partial charge < -0.3 is 19.5 Å². The molecule has 1 N–H and O–H groups in total. The first-order chi connectivity index (χ1) is 12.5. The highest BCUT2D eigenvalue weighted by Crippen LogP contribution is 2.17. The van der Waals surface area contributed by atoms with Gasteiger partial charge in [0.05, 0.1) is 12.7 Å². The summed E-state index contributed by atoms with van der Waals surface area (Å²) < 4.78 is 15.7. The SMILES string of the molecule is COc1ccccc1C(=O)NCC(=O)OCCOc1cc(C)cc(C)c1. The molecule has 0 bridgehead atoms. The lowest BCUT2D eigenvalue weighted by Crippen LogP contribution is -2.31. The summed E-state index contributed by atoms with van der Waals surface area (Å²) >= 11 is 0. The van der Waals surface area contributed by atoms with E-state index in [1.165, 1.54) is 7.11 Å². The number of para-hydroxylation sites is 1. The third-order valence-electron chi connectivity index (χ3n) is 3.56.